The van der Waals surface area contributed by atoms with E-state index in [2.05, 4.69) is 16.0 Å². The monoisotopic (exact) mass is 1530 g/mol. The van der Waals surface area contributed by atoms with Crippen LogP contribution in [0.2, 0.25) is 0 Å². The molecule has 0 spiro atoms. The number of methoxy groups -OCH3 is 4. The Bertz CT molecular complexity index is 2710. The number of carbonyl (C=O) groups excluding carboxylic acids is 13. The van der Waals surface area contributed by atoms with Crippen LogP contribution in [0.4, 0.5) is 19.2 Å². The van der Waals surface area contributed by atoms with Gasteiger partial charge in [-0.1, -0.05) is 37.8 Å². The number of carbonyl (C=O) groups is 13. The number of hydroxylamine groups is 4. The Hall–Kier alpha value is -7.25. The lowest BCUT2D eigenvalue weighted by Crippen LogP contribution is -2.42. The van der Waals surface area contributed by atoms with Crippen molar-refractivity contribution >= 4 is 101 Å². The maximum absolute atomic E-state index is 14.1. The molecule has 11 amide bonds. The normalized spacial score (nSPS) is 14.5. The largest absolute Gasteiger partial charge is 0.445 e. The van der Waals surface area contributed by atoms with Crippen molar-refractivity contribution in [1.29, 1.82) is 0 Å². The summed E-state index contributed by atoms with van der Waals surface area (Å²) in [5.74, 6) is -1.24. The van der Waals surface area contributed by atoms with E-state index in [0.29, 0.717) is 81.0 Å². The van der Waals surface area contributed by atoms with Crippen molar-refractivity contribution in [2.75, 3.05) is 186 Å². The Morgan fingerprint density at radius 1 is 0.514 bits per heavy atom. The first-order chi connectivity index (χ1) is 50.5. The van der Waals surface area contributed by atoms with E-state index < -0.39 is 65.9 Å². The number of amides is 11. The van der Waals surface area contributed by atoms with Gasteiger partial charge in [0.2, 0.25) is 41.4 Å². The molecule has 2 aliphatic heterocycles. The minimum absolute atomic E-state index is 0.00175. The van der Waals surface area contributed by atoms with E-state index in [9.17, 15) is 62.3 Å². The number of likely N-dealkylation sites (tertiary alicyclic amines) is 2. The van der Waals surface area contributed by atoms with Gasteiger partial charge >= 0.3 is 24.4 Å². The van der Waals surface area contributed by atoms with Crippen LogP contribution in [0.25, 0.3) is 0 Å². The number of nitrogens with zero attached hydrogens (tertiary/aromatic N) is 7. The number of ketones is 2. The molecule has 0 bridgehead atoms. The lowest BCUT2D eigenvalue weighted by Gasteiger charge is -2.24. The maximum atomic E-state index is 14.1. The first-order valence-corrected chi connectivity index (χ1v) is 38.1. The minimum atomic E-state index is -0.875. The molecule has 3 atom stereocenters. The molecule has 35 heteroatoms. The third-order valence-corrected chi connectivity index (χ3v) is 19.0. The van der Waals surface area contributed by atoms with Gasteiger partial charge in [0.25, 0.3) is 0 Å². The fourth-order valence-electron chi connectivity index (χ4n) is 10.6. The molecule has 2 heterocycles. The fourth-order valence-corrected chi connectivity index (χ4v) is 12.9. The van der Waals surface area contributed by atoms with E-state index in [4.69, 9.17) is 47.6 Å². The predicted molar refractivity (Wildman–Crippen MR) is 388 cm³/mol. The number of hydrogen-bond donors (Lipinski definition) is 3. The standard InChI is InChI=1S/C70H114N10O23S2/c1-71-67(90)103-57(53-25-27-56(28-26-53)102-68(91)75(4)34-20-33-74(2)3)23-17-24-62(85)76(35-13-9-11-15-47-104-58-49-63(86)77(65(58)88)37-29-54(81)21-18-31-72-60(83)51-79(100-45-41-96-7)69(92)98-43-39-94-5)36-14-10-12-16-48-105-59-50-64(87)78(66(59)89)38-30-55(82)22-19-32-73-61(84)52-80(101-46-42-97-8)70(93)99-44-40-95-6/h25-28,57-59H,9-24,29-52H2,1-8H3,(H,71,90)(H,72,83)(H,73,84). The average Bonchev–Trinajstić information content (AvgIpc) is 1.72. The van der Waals surface area contributed by atoms with Crippen molar-refractivity contribution in [2.45, 2.75) is 145 Å². The summed E-state index contributed by atoms with van der Waals surface area (Å²) >= 11 is 2.83. The van der Waals surface area contributed by atoms with Gasteiger partial charge in [-0.25, -0.2) is 19.2 Å². The van der Waals surface area contributed by atoms with Crippen molar-refractivity contribution in [1.82, 2.24) is 50.6 Å². The van der Waals surface area contributed by atoms with Crippen molar-refractivity contribution in [2.24, 2.45) is 0 Å². The summed E-state index contributed by atoms with van der Waals surface area (Å²) in [5, 5.41) is 8.21. The Morgan fingerprint density at radius 2 is 0.971 bits per heavy atom. The summed E-state index contributed by atoms with van der Waals surface area (Å²) in [6, 6.07) is 6.72. The molecule has 1 aromatic rings. The molecule has 2 fully saturated rings. The first kappa shape index (κ1) is 92.0. The van der Waals surface area contributed by atoms with Crippen molar-refractivity contribution in [3.8, 4) is 5.75 Å². The average molecular weight is 1530 g/mol. The van der Waals surface area contributed by atoms with Crippen LogP contribution in [0, 0.1) is 0 Å². The van der Waals surface area contributed by atoms with E-state index in [1.807, 2.05) is 23.9 Å². The van der Waals surface area contributed by atoms with Gasteiger partial charge in [-0.2, -0.15) is 10.1 Å². The molecule has 105 heavy (non-hydrogen) atoms. The lowest BCUT2D eigenvalue weighted by molar-refractivity contribution is -0.158. The fraction of sp³-hybridized carbons (Fsp3) is 0.729. The van der Waals surface area contributed by atoms with E-state index in [1.54, 1.807) is 31.3 Å². The van der Waals surface area contributed by atoms with Crippen LogP contribution in [0.1, 0.15) is 140 Å². The summed E-state index contributed by atoms with van der Waals surface area (Å²) in [5.41, 5.74) is 0.656. The summed E-state index contributed by atoms with van der Waals surface area (Å²) < 4.78 is 41.1. The molecular formula is C70H114N10O23S2. The number of unbranched alkanes of at least 4 members (excludes halogenated alkanes) is 6. The maximum Gasteiger partial charge on any atom is 0.434 e. The third kappa shape index (κ3) is 39.3. The second kappa shape index (κ2) is 55.2. The highest BCUT2D eigenvalue weighted by molar-refractivity contribution is 8.00. The number of hydrogen-bond acceptors (Lipinski definition) is 26. The van der Waals surface area contributed by atoms with Gasteiger partial charge < -0.3 is 68.5 Å². The van der Waals surface area contributed by atoms with Gasteiger partial charge in [0.15, 0.2) is 0 Å². The summed E-state index contributed by atoms with van der Waals surface area (Å²) in [7, 11) is 12.9. The molecule has 1 aromatic carbocycles. The Balaban J connectivity index is 1.48. The topological polar surface area (TPSA) is 373 Å². The SMILES string of the molecule is CNC(=O)OC(CCCC(=O)N(CCCCCCSC1CC(=O)N(CCC(=O)CCCNC(=O)CN(OCCOC)C(=O)OCCOC)C1=O)CCCCCCSC1CC(=O)N(CCC(=O)CCCNC(=O)CN(OCCOC)C(=O)OCCOC)C1=O)c1ccc(OC(=O)N(C)CCCN(C)C)cc1. The van der Waals surface area contributed by atoms with Crippen LogP contribution in [0.5, 0.6) is 5.75 Å². The van der Waals surface area contributed by atoms with Crippen molar-refractivity contribution in [3.63, 3.8) is 0 Å². The molecule has 0 aliphatic carbocycles. The summed E-state index contributed by atoms with van der Waals surface area (Å²) in [6.07, 6.45) is 5.07. The highest BCUT2D eigenvalue weighted by atomic mass is 32.2. The second-order valence-corrected chi connectivity index (χ2v) is 27.7. The van der Waals surface area contributed by atoms with Crippen molar-refractivity contribution in [3.05, 3.63) is 29.8 Å². The van der Waals surface area contributed by atoms with Gasteiger partial charge in [0.1, 0.15) is 49.7 Å². The number of Topliss-reactive ketones (excluding diaryl/α,β-unsaturated/α-hetero) is 2. The zero-order chi connectivity index (χ0) is 77.2. The number of alkyl carbamates (subject to hydrolysis) is 1. The Morgan fingerprint density at radius 3 is 1.42 bits per heavy atom. The quantitative estimate of drug-likeness (QED) is 0.0320. The molecule has 594 valence electrons. The van der Waals surface area contributed by atoms with Crippen LogP contribution in [-0.4, -0.2) is 309 Å². The highest BCUT2D eigenvalue weighted by Crippen LogP contribution is 2.30. The molecule has 2 saturated heterocycles. The van der Waals surface area contributed by atoms with Gasteiger partial charge in [0, 0.05) is 133 Å². The third-order valence-electron chi connectivity index (χ3n) is 16.4. The Labute approximate surface area is 625 Å². The van der Waals surface area contributed by atoms with Gasteiger partial charge in [-0.3, -0.25) is 62.6 Å². The zero-order valence-corrected chi connectivity index (χ0v) is 64.3. The molecule has 0 saturated carbocycles. The van der Waals surface area contributed by atoms with Crippen LogP contribution in [0.15, 0.2) is 24.3 Å². The number of nitrogens with one attached hydrogen (secondary N) is 3. The first-order valence-electron chi connectivity index (χ1n) is 36.0. The molecule has 0 aromatic heterocycles. The number of imide groups is 2. The molecule has 0 radical (unpaired) electrons. The summed E-state index contributed by atoms with van der Waals surface area (Å²) in [6.45, 7) is 2.17. The zero-order valence-electron chi connectivity index (χ0n) is 62.7. The van der Waals surface area contributed by atoms with E-state index in [1.165, 1.54) is 63.9 Å². The Kier molecular flexibility index (Phi) is 48.4. The predicted octanol–water partition coefficient (Wildman–Crippen LogP) is 5.34. The molecular weight excluding hydrogens is 1410 g/mol. The smallest absolute Gasteiger partial charge is 0.434 e. The van der Waals surface area contributed by atoms with E-state index in [-0.39, 0.29) is 165 Å². The number of benzene rings is 1. The number of rotatable bonds is 59. The number of ether oxygens (including phenoxy) is 8. The van der Waals surface area contributed by atoms with E-state index in [0.717, 1.165) is 71.4 Å². The molecule has 33 nitrogen and oxygen atoms in total. The molecule has 3 rings (SSSR count). The van der Waals surface area contributed by atoms with Crippen LogP contribution >= 0.6 is 23.5 Å². The molecule has 3 N–H and O–H groups in total. The van der Waals surface area contributed by atoms with Crippen LogP contribution in [-0.2, 0) is 86.0 Å². The van der Waals surface area contributed by atoms with Gasteiger partial charge in [-0.15, -0.1) is 23.5 Å². The lowest BCUT2D eigenvalue weighted by atomic mass is 10.0. The minimum Gasteiger partial charge on any atom is -0.445 e. The van der Waals surface area contributed by atoms with Crippen LogP contribution < -0.4 is 20.7 Å². The van der Waals surface area contributed by atoms with Gasteiger partial charge in [-0.05, 0) is 108 Å². The van der Waals surface area contributed by atoms with Crippen molar-refractivity contribution < 1.29 is 110 Å². The second-order valence-electron chi connectivity index (χ2n) is 25.1. The highest BCUT2D eigenvalue weighted by Gasteiger charge is 2.40. The number of thioether (sulfide) groups is 2. The summed E-state index contributed by atoms with van der Waals surface area (Å²) in [4.78, 5) is 186. The molecule has 3 unspecified atom stereocenters. The molecule has 2 aliphatic rings. The van der Waals surface area contributed by atoms with Crippen LogP contribution in [0.3, 0.4) is 0 Å². The van der Waals surface area contributed by atoms with Gasteiger partial charge in [0.05, 0.1) is 50.1 Å². The van der Waals surface area contributed by atoms with E-state index >= 15 is 0 Å².